The maximum absolute atomic E-state index is 12.4. The molecular weight excluding hydrogens is 229 g/mol. The molecule has 1 unspecified atom stereocenters. The van der Waals surface area contributed by atoms with Gasteiger partial charge in [0.1, 0.15) is 0 Å². The summed E-state index contributed by atoms with van der Waals surface area (Å²) in [6.45, 7) is 0.391. The summed E-state index contributed by atoms with van der Waals surface area (Å²) in [6, 6.07) is 5.63. The van der Waals surface area contributed by atoms with Gasteiger partial charge in [-0.25, -0.2) is 0 Å². The standard InChI is InChI=1S/C12H15F3N2/c13-12(14,15)9-3-1-8(2-4-9)11(7-16)17-10-5-6-10/h1-4,10-11,17H,5-7,16H2. The van der Waals surface area contributed by atoms with Crippen LogP contribution >= 0.6 is 0 Å². The molecule has 2 rings (SSSR count). The van der Waals surface area contributed by atoms with Gasteiger partial charge in [-0.05, 0) is 30.5 Å². The highest BCUT2D eigenvalue weighted by atomic mass is 19.4. The minimum atomic E-state index is -4.28. The van der Waals surface area contributed by atoms with Crippen molar-refractivity contribution < 1.29 is 13.2 Å². The van der Waals surface area contributed by atoms with Crippen LogP contribution in [0.15, 0.2) is 24.3 Å². The van der Waals surface area contributed by atoms with Gasteiger partial charge < -0.3 is 11.1 Å². The second-order valence-corrected chi connectivity index (χ2v) is 4.35. The molecule has 17 heavy (non-hydrogen) atoms. The number of hydrogen-bond acceptors (Lipinski definition) is 2. The van der Waals surface area contributed by atoms with Gasteiger partial charge in [0.15, 0.2) is 0 Å². The first-order valence-electron chi connectivity index (χ1n) is 5.64. The zero-order chi connectivity index (χ0) is 12.5. The predicted molar refractivity (Wildman–Crippen MR) is 59.4 cm³/mol. The first kappa shape index (κ1) is 12.4. The summed E-state index contributed by atoms with van der Waals surface area (Å²) in [6.07, 6.45) is -2.03. The van der Waals surface area contributed by atoms with Crippen molar-refractivity contribution in [2.75, 3.05) is 6.54 Å². The molecule has 0 aliphatic heterocycles. The second-order valence-electron chi connectivity index (χ2n) is 4.35. The fourth-order valence-electron chi connectivity index (χ4n) is 1.74. The SMILES string of the molecule is NCC(NC1CC1)c1ccc(C(F)(F)F)cc1. The number of rotatable bonds is 4. The maximum Gasteiger partial charge on any atom is 0.416 e. The molecule has 0 saturated heterocycles. The number of benzene rings is 1. The Morgan fingerprint density at radius 2 is 1.82 bits per heavy atom. The van der Waals surface area contributed by atoms with Crippen LogP contribution in [-0.2, 0) is 6.18 Å². The number of nitrogens with one attached hydrogen (secondary N) is 1. The lowest BCUT2D eigenvalue weighted by atomic mass is 10.0. The summed E-state index contributed by atoms with van der Waals surface area (Å²) in [4.78, 5) is 0. The Morgan fingerprint density at radius 1 is 1.24 bits per heavy atom. The number of alkyl halides is 3. The van der Waals surface area contributed by atoms with Crippen LogP contribution in [0.3, 0.4) is 0 Å². The fourth-order valence-corrected chi connectivity index (χ4v) is 1.74. The summed E-state index contributed by atoms with van der Waals surface area (Å²) < 4.78 is 37.1. The number of halogens is 3. The molecule has 1 atom stereocenters. The van der Waals surface area contributed by atoms with Gasteiger partial charge in [-0.1, -0.05) is 12.1 Å². The molecule has 0 radical (unpaired) electrons. The predicted octanol–water partition coefficient (Wildman–Crippen LogP) is 2.46. The largest absolute Gasteiger partial charge is 0.416 e. The van der Waals surface area contributed by atoms with Crippen LogP contribution in [0.1, 0.15) is 30.0 Å². The van der Waals surface area contributed by atoms with E-state index in [1.54, 1.807) is 0 Å². The quantitative estimate of drug-likeness (QED) is 0.853. The van der Waals surface area contributed by atoms with Gasteiger partial charge in [0.2, 0.25) is 0 Å². The Kier molecular flexibility index (Phi) is 3.40. The third-order valence-electron chi connectivity index (χ3n) is 2.89. The van der Waals surface area contributed by atoms with Crippen LogP contribution in [0.5, 0.6) is 0 Å². The summed E-state index contributed by atoms with van der Waals surface area (Å²) in [5.41, 5.74) is 5.81. The van der Waals surface area contributed by atoms with Gasteiger partial charge in [0.25, 0.3) is 0 Å². The zero-order valence-corrected chi connectivity index (χ0v) is 9.30. The molecule has 0 spiro atoms. The first-order valence-corrected chi connectivity index (χ1v) is 5.64. The van der Waals surface area contributed by atoms with Gasteiger partial charge in [0, 0.05) is 18.6 Å². The summed E-state index contributed by atoms with van der Waals surface area (Å²) in [7, 11) is 0. The fraction of sp³-hybridized carbons (Fsp3) is 0.500. The van der Waals surface area contributed by atoms with E-state index in [1.807, 2.05) is 0 Å². The van der Waals surface area contributed by atoms with Crippen LogP contribution in [-0.4, -0.2) is 12.6 Å². The Hall–Kier alpha value is -1.07. The highest BCUT2D eigenvalue weighted by molar-refractivity contribution is 5.27. The zero-order valence-electron chi connectivity index (χ0n) is 9.30. The van der Waals surface area contributed by atoms with Crippen molar-refractivity contribution in [3.63, 3.8) is 0 Å². The lowest BCUT2D eigenvalue weighted by Crippen LogP contribution is -2.29. The van der Waals surface area contributed by atoms with Crippen molar-refractivity contribution in [1.82, 2.24) is 5.32 Å². The smallest absolute Gasteiger partial charge is 0.329 e. The van der Waals surface area contributed by atoms with Crippen molar-refractivity contribution >= 4 is 0 Å². The van der Waals surface area contributed by atoms with Crippen molar-refractivity contribution in [3.05, 3.63) is 35.4 Å². The molecule has 0 bridgehead atoms. The molecule has 2 nitrogen and oxygen atoms in total. The van der Waals surface area contributed by atoms with Crippen LogP contribution < -0.4 is 11.1 Å². The molecule has 1 aromatic carbocycles. The average molecular weight is 244 g/mol. The third-order valence-corrected chi connectivity index (χ3v) is 2.89. The van der Waals surface area contributed by atoms with Gasteiger partial charge in [-0.15, -0.1) is 0 Å². The van der Waals surface area contributed by atoms with E-state index in [0.29, 0.717) is 12.6 Å². The normalized spacial score (nSPS) is 18.1. The van der Waals surface area contributed by atoms with Gasteiger partial charge in [0.05, 0.1) is 5.56 Å². The Labute approximate surface area is 98.0 Å². The highest BCUT2D eigenvalue weighted by Crippen LogP contribution is 2.30. The minimum absolute atomic E-state index is 0.0511. The summed E-state index contributed by atoms with van der Waals surface area (Å²) >= 11 is 0. The Balaban J connectivity index is 2.09. The van der Waals surface area contributed by atoms with Crippen LogP contribution in [0.4, 0.5) is 13.2 Å². The molecule has 0 aromatic heterocycles. The number of hydrogen-bond donors (Lipinski definition) is 2. The molecule has 0 amide bonds. The van der Waals surface area contributed by atoms with Gasteiger partial charge in [-0.2, -0.15) is 13.2 Å². The maximum atomic E-state index is 12.4. The van der Waals surface area contributed by atoms with Crippen molar-refractivity contribution in [2.45, 2.75) is 31.1 Å². The van der Waals surface area contributed by atoms with Crippen LogP contribution in [0.2, 0.25) is 0 Å². The highest BCUT2D eigenvalue weighted by Gasteiger charge is 2.30. The molecule has 1 aromatic rings. The molecule has 1 fully saturated rings. The van der Waals surface area contributed by atoms with Crippen LogP contribution in [0.25, 0.3) is 0 Å². The van der Waals surface area contributed by atoms with E-state index in [0.717, 1.165) is 30.5 Å². The summed E-state index contributed by atoms with van der Waals surface area (Å²) in [5, 5.41) is 3.31. The number of nitrogens with two attached hydrogens (primary N) is 1. The molecule has 1 saturated carbocycles. The molecule has 94 valence electrons. The van der Waals surface area contributed by atoms with Crippen molar-refractivity contribution in [3.8, 4) is 0 Å². The van der Waals surface area contributed by atoms with Gasteiger partial charge >= 0.3 is 6.18 Å². The van der Waals surface area contributed by atoms with E-state index in [9.17, 15) is 13.2 Å². The monoisotopic (exact) mass is 244 g/mol. The van der Waals surface area contributed by atoms with E-state index in [2.05, 4.69) is 5.32 Å². The van der Waals surface area contributed by atoms with Crippen molar-refractivity contribution in [2.24, 2.45) is 5.73 Å². The van der Waals surface area contributed by atoms with Crippen LogP contribution in [0, 0.1) is 0 Å². The molecule has 5 heteroatoms. The Bertz CT molecular complexity index is 368. The van der Waals surface area contributed by atoms with E-state index in [-0.39, 0.29) is 6.04 Å². The molecule has 0 heterocycles. The van der Waals surface area contributed by atoms with E-state index >= 15 is 0 Å². The molecule has 1 aliphatic rings. The molecular formula is C12H15F3N2. The molecule has 1 aliphatic carbocycles. The topological polar surface area (TPSA) is 38.0 Å². The first-order chi connectivity index (χ1) is 8.00. The minimum Gasteiger partial charge on any atom is -0.329 e. The lowest BCUT2D eigenvalue weighted by molar-refractivity contribution is -0.137. The Morgan fingerprint density at radius 3 is 2.24 bits per heavy atom. The molecule has 3 N–H and O–H groups in total. The third kappa shape index (κ3) is 3.20. The lowest BCUT2D eigenvalue weighted by Gasteiger charge is -2.17. The average Bonchev–Trinajstić information content (AvgIpc) is 3.09. The second kappa shape index (κ2) is 4.66. The van der Waals surface area contributed by atoms with E-state index < -0.39 is 11.7 Å². The van der Waals surface area contributed by atoms with Crippen molar-refractivity contribution in [1.29, 1.82) is 0 Å². The van der Waals surface area contributed by atoms with Gasteiger partial charge in [-0.3, -0.25) is 0 Å². The van der Waals surface area contributed by atoms with E-state index in [1.165, 1.54) is 12.1 Å². The summed E-state index contributed by atoms with van der Waals surface area (Å²) in [5.74, 6) is 0. The van der Waals surface area contributed by atoms with E-state index in [4.69, 9.17) is 5.73 Å².